The van der Waals surface area contributed by atoms with Crippen molar-refractivity contribution in [1.29, 1.82) is 0 Å². The quantitative estimate of drug-likeness (QED) is 0.679. The van der Waals surface area contributed by atoms with Crippen LogP contribution in [0.4, 0.5) is 5.69 Å². The van der Waals surface area contributed by atoms with Crippen LogP contribution < -0.4 is 5.32 Å². The molecule has 2 nitrogen and oxygen atoms in total. The number of fused-ring (bicyclic) bond motifs is 1. The molecular weight excluding hydrogens is 360 g/mol. The Labute approximate surface area is 152 Å². The summed E-state index contributed by atoms with van der Waals surface area (Å²) >= 11 is 3.56. The third-order valence-corrected chi connectivity index (χ3v) is 5.91. The van der Waals surface area contributed by atoms with E-state index < -0.39 is 0 Å². The number of nitrogens with one attached hydrogen (secondary N) is 1. The monoisotopic (exact) mass is 382 g/mol. The number of para-hydroxylation sites is 1. The minimum atomic E-state index is 0.221. The molecular formula is C21H23BrN2. The highest BCUT2D eigenvalue weighted by Crippen LogP contribution is 2.45. The molecule has 0 bridgehead atoms. The Kier molecular flexibility index (Phi) is 4.45. The number of rotatable bonds is 2. The summed E-state index contributed by atoms with van der Waals surface area (Å²) < 4.78 is 1.12. The fraction of sp³-hybridized carbons (Fsp3) is 0.381. The van der Waals surface area contributed by atoms with E-state index in [0.717, 1.165) is 17.4 Å². The van der Waals surface area contributed by atoms with Crippen LogP contribution in [0, 0.1) is 5.41 Å². The Hall–Kier alpha value is -1.61. The molecule has 2 aromatic carbocycles. The van der Waals surface area contributed by atoms with Crippen LogP contribution in [0.2, 0.25) is 0 Å². The van der Waals surface area contributed by atoms with Gasteiger partial charge in [0.2, 0.25) is 0 Å². The lowest BCUT2D eigenvalue weighted by molar-refractivity contribution is 0.278. The van der Waals surface area contributed by atoms with Gasteiger partial charge < -0.3 is 5.32 Å². The van der Waals surface area contributed by atoms with Gasteiger partial charge in [0.1, 0.15) is 5.84 Å². The molecule has 2 aliphatic rings. The van der Waals surface area contributed by atoms with Gasteiger partial charge in [0.05, 0.1) is 6.54 Å². The lowest BCUT2D eigenvalue weighted by Gasteiger charge is -2.42. The summed E-state index contributed by atoms with van der Waals surface area (Å²) in [7, 11) is 0. The van der Waals surface area contributed by atoms with E-state index in [0.29, 0.717) is 0 Å². The number of hydrogen-bond acceptors (Lipinski definition) is 1. The Morgan fingerprint density at radius 2 is 1.83 bits per heavy atom. The first-order valence-electron chi connectivity index (χ1n) is 8.90. The number of benzene rings is 2. The molecule has 0 radical (unpaired) electrons. The average molecular weight is 383 g/mol. The van der Waals surface area contributed by atoms with Crippen molar-refractivity contribution in [2.24, 2.45) is 10.4 Å². The van der Waals surface area contributed by atoms with E-state index >= 15 is 0 Å². The average Bonchev–Trinajstić information content (AvgIpc) is 2.61. The summed E-state index contributed by atoms with van der Waals surface area (Å²) in [5.41, 5.74) is 4.16. The Morgan fingerprint density at radius 3 is 2.67 bits per heavy atom. The minimum absolute atomic E-state index is 0.221. The lowest BCUT2D eigenvalue weighted by Crippen LogP contribution is -2.43. The predicted octanol–water partition coefficient (Wildman–Crippen LogP) is 5.97. The molecule has 0 unspecified atom stereocenters. The number of amidine groups is 1. The van der Waals surface area contributed by atoms with Crippen LogP contribution >= 0.6 is 15.9 Å². The Bertz CT molecular complexity index is 760. The number of hydrogen-bond donors (Lipinski definition) is 1. The first kappa shape index (κ1) is 15.9. The fourth-order valence-electron chi connectivity index (χ4n) is 4.16. The normalized spacial score (nSPS) is 20.6. The standard InChI is InChI=1S/C21H23BrN2/c22-18-9-6-7-16(13-18)15-23-20-21(11-4-1-5-12-21)14-17-8-2-3-10-19(17)24-20/h2-3,6-10,13H,1,4-5,11-12,14-15H2,(H,23,24). The second-order valence-corrected chi connectivity index (χ2v) is 8.01. The van der Waals surface area contributed by atoms with Gasteiger partial charge in [0.15, 0.2) is 0 Å². The topological polar surface area (TPSA) is 24.4 Å². The van der Waals surface area contributed by atoms with Crippen LogP contribution in [0.15, 0.2) is 58.0 Å². The van der Waals surface area contributed by atoms with Crippen LogP contribution in [0.1, 0.15) is 43.2 Å². The minimum Gasteiger partial charge on any atom is -0.343 e. The van der Waals surface area contributed by atoms with Gasteiger partial charge in [0, 0.05) is 15.6 Å². The molecule has 0 saturated heterocycles. The van der Waals surface area contributed by atoms with Crippen molar-refractivity contribution in [3.8, 4) is 0 Å². The molecule has 1 heterocycles. The van der Waals surface area contributed by atoms with Gasteiger partial charge >= 0.3 is 0 Å². The molecule has 4 rings (SSSR count). The van der Waals surface area contributed by atoms with E-state index in [1.807, 2.05) is 0 Å². The van der Waals surface area contributed by atoms with Crippen molar-refractivity contribution in [2.45, 2.75) is 45.1 Å². The van der Waals surface area contributed by atoms with Crippen LogP contribution in [-0.4, -0.2) is 5.84 Å². The second-order valence-electron chi connectivity index (χ2n) is 7.09. The molecule has 0 aromatic heterocycles. The van der Waals surface area contributed by atoms with Gasteiger partial charge in [-0.3, -0.25) is 4.99 Å². The van der Waals surface area contributed by atoms with Crippen molar-refractivity contribution >= 4 is 27.5 Å². The highest BCUT2D eigenvalue weighted by molar-refractivity contribution is 9.10. The van der Waals surface area contributed by atoms with Crippen molar-refractivity contribution in [3.05, 3.63) is 64.1 Å². The van der Waals surface area contributed by atoms with Crippen molar-refractivity contribution < 1.29 is 0 Å². The van der Waals surface area contributed by atoms with Crippen molar-refractivity contribution in [1.82, 2.24) is 0 Å². The Balaban J connectivity index is 1.66. The molecule has 2 aromatic rings. The van der Waals surface area contributed by atoms with Gasteiger partial charge in [-0.05, 0) is 48.6 Å². The summed E-state index contributed by atoms with van der Waals surface area (Å²) in [6.45, 7) is 0.742. The molecule has 124 valence electrons. The van der Waals surface area contributed by atoms with E-state index in [1.165, 1.54) is 54.8 Å². The number of aliphatic imine (C=N–C) groups is 1. The van der Waals surface area contributed by atoms with E-state index in [4.69, 9.17) is 4.99 Å². The first-order valence-corrected chi connectivity index (χ1v) is 9.69. The van der Waals surface area contributed by atoms with E-state index in [-0.39, 0.29) is 5.41 Å². The molecule has 1 aliphatic carbocycles. The molecule has 1 fully saturated rings. The van der Waals surface area contributed by atoms with Crippen molar-refractivity contribution in [2.75, 3.05) is 5.32 Å². The molecule has 3 heteroatoms. The van der Waals surface area contributed by atoms with Crippen LogP contribution in [0.3, 0.4) is 0 Å². The maximum Gasteiger partial charge on any atom is 0.108 e. The van der Waals surface area contributed by atoms with Gasteiger partial charge in [-0.1, -0.05) is 65.5 Å². The van der Waals surface area contributed by atoms with Crippen LogP contribution in [-0.2, 0) is 13.0 Å². The SMILES string of the molecule is Brc1cccc(CN=C2Nc3ccccc3CC23CCCCC3)c1. The summed E-state index contributed by atoms with van der Waals surface area (Å²) in [5, 5.41) is 3.68. The maximum absolute atomic E-state index is 5.06. The first-order chi connectivity index (χ1) is 11.8. The summed E-state index contributed by atoms with van der Waals surface area (Å²) in [5.74, 6) is 1.21. The molecule has 24 heavy (non-hydrogen) atoms. The number of anilines is 1. The highest BCUT2D eigenvalue weighted by Gasteiger charge is 2.40. The van der Waals surface area contributed by atoms with Crippen molar-refractivity contribution in [3.63, 3.8) is 0 Å². The van der Waals surface area contributed by atoms with Crippen LogP contribution in [0.25, 0.3) is 0 Å². The lowest BCUT2D eigenvalue weighted by atomic mass is 9.67. The van der Waals surface area contributed by atoms with E-state index in [1.54, 1.807) is 0 Å². The second kappa shape index (κ2) is 6.72. The van der Waals surface area contributed by atoms with Gasteiger partial charge in [-0.2, -0.15) is 0 Å². The predicted molar refractivity (Wildman–Crippen MR) is 105 cm³/mol. The van der Waals surface area contributed by atoms with Gasteiger partial charge in [0.25, 0.3) is 0 Å². The summed E-state index contributed by atoms with van der Waals surface area (Å²) in [4.78, 5) is 5.06. The third-order valence-electron chi connectivity index (χ3n) is 5.42. The zero-order valence-electron chi connectivity index (χ0n) is 13.9. The van der Waals surface area contributed by atoms with E-state index in [2.05, 4.69) is 69.8 Å². The fourth-order valence-corrected chi connectivity index (χ4v) is 4.61. The molecule has 1 N–H and O–H groups in total. The molecule has 0 atom stereocenters. The maximum atomic E-state index is 5.06. The molecule has 1 saturated carbocycles. The zero-order valence-corrected chi connectivity index (χ0v) is 15.5. The summed E-state index contributed by atoms with van der Waals surface area (Å²) in [6.07, 6.45) is 7.65. The molecule has 1 aliphatic heterocycles. The Morgan fingerprint density at radius 1 is 1.00 bits per heavy atom. The zero-order chi connectivity index (χ0) is 16.4. The van der Waals surface area contributed by atoms with Gasteiger partial charge in [-0.15, -0.1) is 0 Å². The largest absolute Gasteiger partial charge is 0.343 e. The molecule has 0 amide bonds. The number of halogens is 1. The smallest absolute Gasteiger partial charge is 0.108 e. The number of nitrogens with zero attached hydrogens (tertiary/aromatic N) is 1. The van der Waals surface area contributed by atoms with E-state index in [9.17, 15) is 0 Å². The van der Waals surface area contributed by atoms with Crippen LogP contribution in [0.5, 0.6) is 0 Å². The molecule has 1 spiro atoms. The summed E-state index contributed by atoms with van der Waals surface area (Å²) in [6, 6.07) is 17.2. The van der Waals surface area contributed by atoms with Gasteiger partial charge in [-0.25, -0.2) is 0 Å². The highest BCUT2D eigenvalue weighted by atomic mass is 79.9. The third kappa shape index (κ3) is 3.14.